The van der Waals surface area contributed by atoms with Gasteiger partial charge in [-0.05, 0) is 66.9 Å². The SMILES string of the molecule is CNC(=O)C(Cc1ccccc1)N(Cc1cccc(Cl)c1)C(=O)CN(c1cccc(Cl)c1C)S(=O)(=O)c1ccc(C)cc1. The molecule has 4 rings (SSSR count). The second kappa shape index (κ2) is 14.1. The highest BCUT2D eigenvalue weighted by molar-refractivity contribution is 7.92. The van der Waals surface area contributed by atoms with Gasteiger partial charge < -0.3 is 10.2 Å². The van der Waals surface area contributed by atoms with Crippen LogP contribution in [0.15, 0.2) is 102 Å². The predicted octanol–water partition coefficient (Wildman–Crippen LogP) is 6.19. The Morgan fingerprint density at radius 2 is 1.49 bits per heavy atom. The maximum atomic E-state index is 14.4. The Kier molecular flexibility index (Phi) is 10.5. The van der Waals surface area contributed by atoms with Crippen LogP contribution in [-0.4, -0.2) is 44.8 Å². The second-order valence-electron chi connectivity index (χ2n) is 10.2. The van der Waals surface area contributed by atoms with Gasteiger partial charge in [0.1, 0.15) is 12.6 Å². The lowest BCUT2D eigenvalue weighted by Crippen LogP contribution is -2.53. The van der Waals surface area contributed by atoms with Crippen molar-refractivity contribution in [3.05, 3.63) is 129 Å². The summed E-state index contributed by atoms with van der Waals surface area (Å²) in [7, 11) is -2.72. The van der Waals surface area contributed by atoms with Gasteiger partial charge in [-0.25, -0.2) is 8.42 Å². The van der Waals surface area contributed by atoms with Crippen LogP contribution < -0.4 is 9.62 Å². The van der Waals surface area contributed by atoms with Gasteiger partial charge >= 0.3 is 0 Å². The van der Waals surface area contributed by atoms with Gasteiger partial charge in [-0.2, -0.15) is 0 Å². The van der Waals surface area contributed by atoms with Gasteiger partial charge in [0.25, 0.3) is 10.0 Å². The van der Waals surface area contributed by atoms with Gasteiger partial charge in [0, 0.05) is 30.1 Å². The van der Waals surface area contributed by atoms with E-state index in [0.717, 1.165) is 15.4 Å². The third kappa shape index (κ3) is 7.76. The number of anilines is 1. The highest BCUT2D eigenvalue weighted by atomic mass is 35.5. The molecule has 1 N–H and O–H groups in total. The van der Waals surface area contributed by atoms with Crippen LogP contribution in [0.2, 0.25) is 10.0 Å². The lowest BCUT2D eigenvalue weighted by atomic mass is 10.0. The first-order valence-corrected chi connectivity index (χ1v) is 15.8. The monoisotopic (exact) mass is 637 g/mol. The summed E-state index contributed by atoms with van der Waals surface area (Å²) in [6.45, 7) is 3.02. The molecule has 10 heteroatoms. The molecule has 0 bridgehead atoms. The molecule has 0 radical (unpaired) electrons. The topological polar surface area (TPSA) is 86.8 Å². The van der Waals surface area contributed by atoms with Crippen molar-refractivity contribution in [2.45, 2.75) is 37.8 Å². The first-order chi connectivity index (χ1) is 20.5. The third-order valence-corrected chi connectivity index (χ3v) is 9.57. The Morgan fingerprint density at radius 3 is 2.14 bits per heavy atom. The van der Waals surface area contributed by atoms with Gasteiger partial charge in [0.2, 0.25) is 11.8 Å². The normalized spacial score (nSPS) is 11.9. The zero-order chi connectivity index (χ0) is 31.1. The number of nitrogens with zero attached hydrogens (tertiary/aromatic N) is 2. The van der Waals surface area contributed by atoms with Crippen molar-refractivity contribution in [2.24, 2.45) is 0 Å². The summed E-state index contributed by atoms with van der Waals surface area (Å²) >= 11 is 12.7. The Morgan fingerprint density at radius 1 is 0.837 bits per heavy atom. The molecule has 224 valence electrons. The minimum absolute atomic E-state index is 0.0251. The molecule has 0 aliphatic rings. The molecule has 43 heavy (non-hydrogen) atoms. The van der Waals surface area contributed by atoms with Crippen LogP contribution in [0.3, 0.4) is 0 Å². The maximum Gasteiger partial charge on any atom is 0.264 e. The van der Waals surface area contributed by atoms with Crippen LogP contribution in [-0.2, 0) is 32.6 Å². The van der Waals surface area contributed by atoms with E-state index in [0.29, 0.717) is 21.2 Å². The second-order valence-corrected chi connectivity index (χ2v) is 12.9. The molecule has 1 atom stereocenters. The molecule has 0 spiro atoms. The van der Waals surface area contributed by atoms with Crippen LogP contribution >= 0.6 is 23.2 Å². The lowest BCUT2D eigenvalue weighted by molar-refractivity contribution is -0.139. The minimum Gasteiger partial charge on any atom is -0.357 e. The number of benzene rings is 4. The summed E-state index contributed by atoms with van der Waals surface area (Å²) in [5, 5.41) is 3.51. The molecule has 0 saturated carbocycles. The molecular formula is C33H33Cl2N3O4S. The number of halogens is 2. The number of nitrogens with one attached hydrogen (secondary N) is 1. The van der Waals surface area contributed by atoms with Crippen molar-refractivity contribution in [2.75, 3.05) is 17.9 Å². The molecule has 0 aliphatic carbocycles. The van der Waals surface area contributed by atoms with Gasteiger partial charge in [-0.3, -0.25) is 13.9 Å². The van der Waals surface area contributed by atoms with Gasteiger partial charge in [-0.1, -0.05) is 89.4 Å². The van der Waals surface area contributed by atoms with Crippen molar-refractivity contribution in [3.8, 4) is 0 Å². The zero-order valence-electron chi connectivity index (χ0n) is 24.1. The summed E-state index contributed by atoms with van der Waals surface area (Å²) in [5.74, 6) is -0.953. The number of carbonyl (C=O) groups excluding carboxylic acids is 2. The van der Waals surface area contributed by atoms with Crippen molar-refractivity contribution in [3.63, 3.8) is 0 Å². The summed E-state index contributed by atoms with van der Waals surface area (Å²) in [6, 6.07) is 26.7. The Hall–Kier alpha value is -3.85. The van der Waals surface area contributed by atoms with Crippen LogP contribution in [0.5, 0.6) is 0 Å². The number of hydrogen-bond acceptors (Lipinski definition) is 4. The molecule has 0 saturated heterocycles. The molecule has 7 nitrogen and oxygen atoms in total. The van der Waals surface area contributed by atoms with Crippen molar-refractivity contribution >= 4 is 50.7 Å². The van der Waals surface area contributed by atoms with E-state index in [2.05, 4.69) is 5.32 Å². The minimum atomic E-state index is -4.22. The van der Waals surface area contributed by atoms with Crippen LogP contribution in [0.1, 0.15) is 22.3 Å². The van der Waals surface area contributed by atoms with Crippen molar-refractivity contribution < 1.29 is 18.0 Å². The Bertz CT molecular complexity index is 1700. The van der Waals surface area contributed by atoms with E-state index in [1.54, 1.807) is 61.5 Å². The average Bonchev–Trinajstić information content (AvgIpc) is 2.99. The number of aryl methyl sites for hydroxylation is 1. The number of rotatable bonds is 11. The quantitative estimate of drug-likeness (QED) is 0.212. The summed E-state index contributed by atoms with van der Waals surface area (Å²) in [5.41, 5.74) is 3.19. The number of carbonyl (C=O) groups is 2. The van der Waals surface area contributed by atoms with E-state index in [1.165, 1.54) is 24.1 Å². The first-order valence-electron chi connectivity index (χ1n) is 13.6. The van der Waals surface area contributed by atoms with E-state index in [9.17, 15) is 18.0 Å². The molecule has 1 unspecified atom stereocenters. The van der Waals surface area contributed by atoms with Crippen LogP contribution in [0, 0.1) is 13.8 Å². The molecule has 0 aromatic heterocycles. The number of amides is 2. The molecule has 0 heterocycles. The molecule has 4 aromatic carbocycles. The fraction of sp³-hybridized carbons (Fsp3) is 0.212. The smallest absolute Gasteiger partial charge is 0.264 e. The van der Waals surface area contributed by atoms with Gasteiger partial charge in [0.05, 0.1) is 10.6 Å². The van der Waals surface area contributed by atoms with Crippen LogP contribution in [0.25, 0.3) is 0 Å². The highest BCUT2D eigenvalue weighted by Gasteiger charge is 2.35. The molecule has 0 aliphatic heterocycles. The Labute approximate surface area is 263 Å². The fourth-order valence-electron chi connectivity index (χ4n) is 4.77. The summed E-state index contributed by atoms with van der Waals surface area (Å²) < 4.78 is 29.3. The van der Waals surface area contributed by atoms with Crippen LogP contribution in [0.4, 0.5) is 5.69 Å². The summed E-state index contributed by atoms with van der Waals surface area (Å²) in [4.78, 5) is 29.2. The highest BCUT2D eigenvalue weighted by Crippen LogP contribution is 2.31. The molecular weight excluding hydrogens is 605 g/mol. The first kappa shape index (κ1) is 32.1. The summed E-state index contributed by atoms with van der Waals surface area (Å²) in [6.07, 6.45) is 0.216. The molecule has 0 fully saturated rings. The lowest BCUT2D eigenvalue weighted by Gasteiger charge is -2.34. The van der Waals surface area contributed by atoms with Gasteiger partial charge in [0.15, 0.2) is 0 Å². The zero-order valence-corrected chi connectivity index (χ0v) is 26.5. The van der Waals surface area contributed by atoms with Gasteiger partial charge in [-0.15, -0.1) is 0 Å². The Balaban J connectivity index is 1.82. The van der Waals surface area contributed by atoms with Crippen molar-refractivity contribution in [1.82, 2.24) is 10.2 Å². The fourth-order valence-corrected chi connectivity index (χ4v) is 6.62. The number of hydrogen-bond donors (Lipinski definition) is 1. The standard InChI is InChI=1S/C33H33Cl2N3O4S/c1-23-15-17-28(18-16-23)43(41,42)38(30-14-8-13-29(35)24(30)2)22-32(39)37(21-26-11-7-12-27(34)19-26)31(33(40)36-3)20-25-9-5-4-6-10-25/h4-19,31H,20-22H2,1-3H3,(H,36,40). The number of likely N-dealkylation sites (N-methyl/N-ethyl adjacent to an activating group) is 1. The predicted molar refractivity (Wildman–Crippen MR) is 172 cm³/mol. The van der Waals surface area contributed by atoms with E-state index in [4.69, 9.17) is 23.2 Å². The van der Waals surface area contributed by atoms with E-state index in [-0.39, 0.29) is 29.5 Å². The maximum absolute atomic E-state index is 14.4. The average molecular weight is 639 g/mol. The van der Waals surface area contributed by atoms with E-state index in [1.807, 2.05) is 37.3 Å². The molecule has 2 amide bonds. The van der Waals surface area contributed by atoms with Crippen molar-refractivity contribution in [1.29, 1.82) is 0 Å². The van der Waals surface area contributed by atoms with E-state index < -0.39 is 28.5 Å². The van der Waals surface area contributed by atoms with E-state index >= 15 is 0 Å². The third-order valence-electron chi connectivity index (χ3n) is 7.16. The molecule has 4 aromatic rings. The largest absolute Gasteiger partial charge is 0.357 e. The number of sulfonamides is 1.